The first kappa shape index (κ1) is 16.2. The van der Waals surface area contributed by atoms with Gasteiger partial charge in [-0.15, -0.1) is 0 Å². The van der Waals surface area contributed by atoms with Gasteiger partial charge in [-0.25, -0.2) is 4.98 Å². The van der Waals surface area contributed by atoms with Crippen molar-refractivity contribution >= 4 is 28.7 Å². The topological polar surface area (TPSA) is 75.0 Å². The Balaban J connectivity index is 1.43. The minimum absolute atomic E-state index is 0.0314. The van der Waals surface area contributed by atoms with Crippen LogP contribution in [0.15, 0.2) is 33.9 Å². The number of hydrogen-bond acceptors (Lipinski definition) is 5. The molecule has 1 saturated heterocycles. The largest absolute Gasteiger partial charge is 0.361 e. The van der Waals surface area contributed by atoms with E-state index in [1.807, 2.05) is 30.0 Å². The molecule has 3 heterocycles. The molecule has 1 atom stereocenters. The Bertz CT molecular complexity index is 917. The van der Waals surface area contributed by atoms with E-state index >= 15 is 0 Å². The monoisotopic (exact) mass is 356 g/mol. The van der Waals surface area contributed by atoms with Crippen molar-refractivity contribution in [3.63, 3.8) is 0 Å². The summed E-state index contributed by atoms with van der Waals surface area (Å²) in [6, 6.07) is 8.06. The van der Waals surface area contributed by atoms with Crippen LogP contribution in [0.3, 0.4) is 0 Å². The van der Waals surface area contributed by atoms with Gasteiger partial charge in [0.2, 0.25) is 5.91 Å². The SMILES string of the molecule is Cc1ccc2nc(SCC(=O)N3CCC[C@@H]3c3cc(C)on3)[nH]c2c1. The van der Waals surface area contributed by atoms with Crippen molar-refractivity contribution in [1.29, 1.82) is 0 Å². The summed E-state index contributed by atoms with van der Waals surface area (Å²) in [7, 11) is 0. The lowest BCUT2D eigenvalue weighted by Gasteiger charge is -2.22. The molecule has 0 saturated carbocycles. The van der Waals surface area contributed by atoms with E-state index in [9.17, 15) is 4.79 Å². The van der Waals surface area contributed by atoms with Gasteiger partial charge in [-0.1, -0.05) is 23.0 Å². The quantitative estimate of drug-likeness (QED) is 0.723. The van der Waals surface area contributed by atoms with E-state index < -0.39 is 0 Å². The van der Waals surface area contributed by atoms with Crippen molar-refractivity contribution in [2.24, 2.45) is 0 Å². The average molecular weight is 356 g/mol. The van der Waals surface area contributed by atoms with Gasteiger partial charge in [0.05, 0.1) is 22.8 Å². The van der Waals surface area contributed by atoms with Crippen LogP contribution in [-0.2, 0) is 4.79 Å². The van der Waals surface area contributed by atoms with Crippen LogP contribution < -0.4 is 0 Å². The van der Waals surface area contributed by atoms with Crippen LogP contribution in [0.4, 0.5) is 0 Å². The van der Waals surface area contributed by atoms with Gasteiger partial charge in [0.25, 0.3) is 0 Å². The van der Waals surface area contributed by atoms with Crippen LogP contribution in [0, 0.1) is 13.8 Å². The molecule has 3 aromatic rings. The summed E-state index contributed by atoms with van der Waals surface area (Å²) in [4.78, 5) is 22.4. The third-order valence-electron chi connectivity index (χ3n) is 4.51. The summed E-state index contributed by atoms with van der Waals surface area (Å²) in [6.45, 7) is 4.70. The average Bonchev–Trinajstić information content (AvgIpc) is 3.30. The first-order valence-electron chi connectivity index (χ1n) is 8.42. The van der Waals surface area contributed by atoms with E-state index in [1.54, 1.807) is 0 Å². The van der Waals surface area contributed by atoms with Crippen LogP contribution in [-0.4, -0.2) is 38.2 Å². The predicted octanol–water partition coefficient (Wildman–Crippen LogP) is 3.62. The minimum atomic E-state index is 0.0314. The van der Waals surface area contributed by atoms with Crippen LogP contribution >= 0.6 is 11.8 Å². The normalized spacial score (nSPS) is 17.5. The molecule has 130 valence electrons. The molecule has 1 N–H and O–H groups in total. The number of hydrogen-bond donors (Lipinski definition) is 1. The van der Waals surface area contributed by atoms with Crippen molar-refractivity contribution in [2.45, 2.75) is 37.9 Å². The van der Waals surface area contributed by atoms with E-state index in [1.165, 1.54) is 17.3 Å². The Hall–Kier alpha value is -2.28. The number of nitrogens with one attached hydrogen (secondary N) is 1. The van der Waals surface area contributed by atoms with Crippen molar-refractivity contribution < 1.29 is 9.32 Å². The number of amides is 1. The maximum atomic E-state index is 12.7. The van der Waals surface area contributed by atoms with Gasteiger partial charge in [-0.05, 0) is 44.4 Å². The van der Waals surface area contributed by atoms with Gasteiger partial charge >= 0.3 is 0 Å². The highest BCUT2D eigenvalue weighted by Crippen LogP contribution is 2.32. The Labute approximate surface area is 150 Å². The summed E-state index contributed by atoms with van der Waals surface area (Å²) in [5, 5.41) is 4.87. The van der Waals surface area contributed by atoms with Gasteiger partial charge in [0.15, 0.2) is 5.16 Å². The number of thioether (sulfide) groups is 1. The number of benzene rings is 1. The number of likely N-dealkylation sites (tertiary alicyclic amines) is 1. The van der Waals surface area contributed by atoms with E-state index in [4.69, 9.17) is 4.52 Å². The molecule has 1 aromatic carbocycles. The van der Waals surface area contributed by atoms with Gasteiger partial charge in [-0.2, -0.15) is 0 Å². The zero-order chi connectivity index (χ0) is 17.4. The van der Waals surface area contributed by atoms with Crippen molar-refractivity contribution in [2.75, 3.05) is 12.3 Å². The maximum absolute atomic E-state index is 12.7. The van der Waals surface area contributed by atoms with E-state index in [-0.39, 0.29) is 11.9 Å². The van der Waals surface area contributed by atoms with E-state index in [2.05, 4.69) is 28.1 Å². The molecule has 6 nitrogen and oxygen atoms in total. The second kappa shape index (κ2) is 6.55. The number of aromatic nitrogens is 3. The van der Waals surface area contributed by atoms with Crippen LogP contribution in [0.2, 0.25) is 0 Å². The number of carbonyl (C=O) groups excluding carboxylic acids is 1. The molecule has 0 unspecified atom stereocenters. The number of imidazole rings is 1. The van der Waals surface area contributed by atoms with Crippen molar-refractivity contribution in [3.8, 4) is 0 Å². The molecule has 1 aliphatic heterocycles. The lowest BCUT2D eigenvalue weighted by molar-refractivity contribution is -0.129. The smallest absolute Gasteiger partial charge is 0.233 e. The zero-order valence-corrected chi connectivity index (χ0v) is 15.1. The Morgan fingerprint density at radius 2 is 2.28 bits per heavy atom. The molecule has 7 heteroatoms. The van der Waals surface area contributed by atoms with E-state index in [0.717, 1.165) is 47.0 Å². The second-order valence-corrected chi connectivity index (χ2v) is 7.42. The zero-order valence-electron chi connectivity index (χ0n) is 14.3. The molecule has 0 aliphatic carbocycles. The predicted molar refractivity (Wildman–Crippen MR) is 96.5 cm³/mol. The number of aryl methyl sites for hydroxylation is 2. The lowest BCUT2D eigenvalue weighted by Crippen LogP contribution is -2.32. The Morgan fingerprint density at radius 3 is 3.08 bits per heavy atom. The third-order valence-corrected chi connectivity index (χ3v) is 5.37. The first-order chi connectivity index (χ1) is 12.1. The maximum Gasteiger partial charge on any atom is 0.233 e. The Morgan fingerprint density at radius 1 is 1.40 bits per heavy atom. The first-order valence-corrected chi connectivity index (χ1v) is 9.40. The molecule has 0 spiro atoms. The summed E-state index contributed by atoms with van der Waals surface area (Å²) in [5.41, 5.74) is 3.98. The van der Waals surface area contributed by atoms with Gasteiger partial charge in [-0.3, -0.25) is 4.79 Å². The Kier molecular flexibility index (Phi) is 4.25. The van der Waals surface area contributed by atoms with Gasteiger partial charge in [0, 0.05) is 12.6 Å². The molecule has 1 fully saturated rings. The standard InChI is InChI=1S/C18H20N4O2S/c1-11-5-6-13-14(8-11)20-18(19-13)25-10-17(23)22-7-3-4-16(22)15-9-12(2)24-21-15/h5-6,8-9,16H,3-4,7,10H2,1-2H3,(H,19,20)/t16-/m1/s1. The van der Waals surface area contributed by atoms with Crippen LogP contribution in [0.25, 0.3) is 11.0 Å². The van der Waals surface area contributed by atoms with Gasteiger partial charge in [0.1, 0.15) is 11.5 Å². The molecular weight excluding hydrogens is 336 g/mol. The number of rotatable bonds is 4. The molecule has 0 bridgehead atoms. The minimum Gasteiger partial charge on any atom is -0.361 e. The number of carbonyl (C=O) groups is 1. The van der Waals surface area contributed by atoms with E-state index in [0.29, 0.717) is 5.75 Å². The fraction of sp³-hybridized carbons (Fsp3) is 0.389. The highest BCUT2D eigenvalue weighted by molar-refractivity contribution is 7.99. The highest BCUT2D eigenvalue weighted by atomic mass is 32.2. The summed E-state index contributed by atoms with van der Waals surface area (Å²) in [6.07, 6.45) is 1.93. The molecule has 0 radical (unpaired) electrons. The highest BCUT2D eigenvalue weighted by Gasteiger charge is 2.32. The lowest BCUT2D eigenvalue weighted by atomic mass is 10.1. The molecular formula is C18H20N4O2S. The van der Waals surface area contributed by atoms with Crippen LogP contribution in [0.1, 0.15) is 35.9 Å². The second-order valence-electron chi connectivity index (χ2n) is 6.46. The molecule has 1 amide bonds. The number of aromatic amines is 1. The number of fused-ring (bicyclic) bond motifs is 1. The number of H-pyrrole nitrogens is 1. The fourth-order valence-corrected chi connectivity index (χ4v) is 4.07. The molecule has 25 heavy (non-hydrogen) atoms. The van der Waals surface area contributed by atoms with Crippen molar-refractivity contribution in [1.82, 2.24) is 20.0 Å². The molecule has 2 aromatic heterocycles. The van der Waals surface area contributed by atoms with Gasteiger partial charge < -0.3 is 14.4 Å². The third kappa shape index (κ3) is 3.28. The van der Waals surface area contributed by atoms with Crippen LogP contribution in [0.5, 0.6) is 0 Å². The fourth-order valence-electron chi connectivity index (χ4n) is 3.30. The van der Waals surface area contributed by atoms with Crippen molar-refractivity contribution in [3.05, 3.63) is 41.3 Å². The molecule has 4 rings (SSSR count). The molecule has 1 aliphatic rings. The summed E-state index contributed by atoms with van der Waals surface area (Å²) in [5.74, 6) is 1.26. The summed E-state index contributed by atoms with van der Waals surface area (Å²) >= 11 is 1.45. The number of nitrogens with zero attached hydrogens (tertiary/aromatic N) is 3. The summed E-state index contributed by atoms with van der Waals surface area (Å²) < 4.78 is 5.17.